The minimum atomic E-state index is -0.798. The molecule has 1 fully saturated rings. The molecule has 0 atom stereocenters. The molecule has 7 nitrogen and oxygen atoms in total. The number of phenolic OH excluding ortho intramolecular Hbond substituents is 1. The number of hydrogen-bond donors (Lipinski definition) is 3. The van der Waals surface area contributed by atoms with Gasteiger partial charge in [0.25, 0.3) is 5.91 Å². The van der Waals surface area contributed by atoms with E-state index < -0.39 is 24.5 Å². The van der Waals surface area contributed by atoms with Crippen LogP contribution in [0, 0.1) is 0 Å². The first-order valence-electron chi connectivity index (χ1n) is 9.83. The van der Waals surface area contributed by atoms with Crippen LogP contribution in [0.3, 0.4) is 0 Å². The smallest absolute Gasteiger partial charge is 0.342 e. The van der Waals surface area contributed by atoms with Gasteiger partial charge in [-0.15, -0.1) is 0 Å². The highest BCUT2D eigenvalue weighted by atomic mass is 16.5. The third-order valence-corrected chi connectivity index (χ3v) is 4.95. The second-order valence-corrected chi connectivity index (χ2v) is 7.89. The van der Waals surface area contributed by atoms with Gasteiger partial charge < -0.3 is 15.2 Å². The number of ether oxygens (including phenoxy) is 1. The third kappa shape index (κ3) is 5.71. The van der Waals surface area contributed by atoms with Gasteiger partial charge in [0.2, 0.25) is 0 Å². The Bertz CT molecular complexity index is 737. The molecule has 0 heterocycles. The number of aromatic hydroxyl groups is 1. The summed E-state index contributed by atoms with van der Waals surface area (Å²) in [6, 6.07) is 2.96. The van der Waals surface area contributed by atoms with Crippen LogP contribution in [0.25, 0.3) is 0 Å². The summed E-state index contributed by atoms with van der Waals surface area (Å²) in [7, 11) is 0. The van der Waals surface area contributed by atoms with Crippen molar-refractivity contribution in [3.8, 4) is 5.75 Å². The van der Waals surface area contributed by atoms with E-state index in [2.05, 4.69) is 10.6 Å². The fourth-order valence-corrected chi connectivity index (χ4v) is 3.27. The molecule has 0 unspecified atom stereocenters. The normalized spacial score (nSPS) is 14.4. The average molecular weight is 390 g/mol. The molecule has 0 bridgehead atoms. The molecule has 0 spiro atoms. The minimum absolute atomic E-state index is 0.0211. The first-order chi connectivity index (χ1) is 13.2. The molecule has 1 saturated carbocycles. The highest BCUT2D eigenvalue weighted by Crippen LogP contribution is 2.33. The van der Waals surface area contributed by atoms with E-state index in [1.165, 1.54) is 0 Å². The highest BCUT2D eigenvalue weighted by Gasteiger charge is 2.22. The Morgan fingerprint density at radius 3 is 2.32 bits per heavy atom. The van der Waals surface area contributed by atoms with Crippen molar-refractivity contribution in [2.75, 3.05) is 6.61 Å². The summed E-state index contributed by atoms with van der Waals surface area (Å²) in [4.78, 5) is 36.1. The molecule has 3 N–H and O–H groups in total. The van der Waals surface area contributed by atoms with Crippen molar-refractivity contribution in [2.24, 2.45) is 0 Å². The van der Waals surface area contributed by atoms with Crippen LogP contribution in [0.4, 0.5) is 4.79 Å². The number of amides is 3. The molecular weight excluding hydrogens is 360 g/mol. The van der Waals surface area contributed by atoms with Crippen LogP contribution in [0.5, 0.6) is 5.75 Å². The Balaban J connectivity index is 1.98. The van der Waals surface area contributed by atoms with Gasteiger partial charge in [-0.1, -0.05) is 46.6 Å². The van der Waals surface area contributed by atoms with Gasteiger partial charge >= 0.3 is 12.0 Å². The molecule has 0 radical (unpaired) electrons. The summed E-state index contributed by atoms with van der Waals surface area (Å²) in [5.41, 5.74) is 1.57. The van der Waals surface area contributed by atoms with E-state index in [4.69, 9.17) is 4.74 Å². The molecule has 1 aromatic carbocycles. The summed E-state index contributed by atoms with van der Waals surface area (Å²) in [5, 5.41) is 15.3. The van der Waals surface area contributed by atoms with Crippen molar-refractivity contribution in [3.63, 3.8) is 0 Å². The molecule has 1 aromatic rings. The second kappa shape index (κ2) is 9.57. The molecule has 7 heteroatoms. The van der Waals surface area contributed by atoms with E-state index >= 15 is 0 Å². The predicted octanol–water partition coefficient (Wildman–Crippen LogP) is 3.56. The lowest BCUT2D eigenvalue weighted by molar-refractivity contribution is -0.123. The number of esters is 1. The van der Waals surface area contributed by atoms with Gasteiger partial charge in [0, 0.05) is 6.04 Å². The van der Waals surface area contributed by atoms with E-state index in [0.29, 0.717) is 5.56 Å². The van der Waals surface area contributed by atoms with Crippen molar-refractivity contribution in [2.45, 2.75) is 71.3 Å². The van der Waals surface area contributed by atoms with Crippen molar-refractivity contribution in [3.05, 3.63) is 28.8 Å². The lowest BCUT2D eigenvalue weighted by atomic mass is 9.92. The number of hydrogen-bond acceptors (Lipinski definition) is 5. The summed E-state index contributed by atoms with van der Waals surface area (Å²) in [5.74, 6) is -1.47. The third-order valence-electron chi connectivity index (χ3n) is 4.95. The van der Waals surface area contributed by atoms with Crippen LogP contribution in [0.2, 0.25) is 0 Å². The maximum atomic E-state index is 12.4. The van der Waals surface area contributed by atoms with Crippen LogP contribution in [0.15, 0.2) is 12.1 Å². The van der Waals surface area contributed by atoms with E-state index in [0.717, 1.165) is 31.2 Å². The number of nitrogens with one attached hydrogen (secondary N) is 2. The molecule has 1 aliphatic carbocycles. The lowest BCUT2D eigenvalue weighted by Gasteiger charge is -2.16. The molecule has 3 amide bonds. The molecule has 1 aliphatic rings. The maximum absolute atomic E-state index is 12.4. The quantitative estimate of drug-likeness (QED) is 0.644. The maximum Gasteiger partial charge on any atom is 0.342 e. The first-order valence-corrected chi connectivity index (χ1v) is 9.83. The zero-order valence-corrected chi connectivity index (χ0v) is 17.0. The Kier molecular flexibility index (Phi) is 7.43. The molecule has 154 valence electrons. The Hall–Kier alpha value is -2.57. The number of benzene rings is 1. The van der Waals surface area contributed by atoms with Gasteiger partial charge in [0.05, 0.1) is 0 Å². The Morgan fingerprint density at radius 1 is 1.11 bits per heavy atom. The zero-order valence-electron chi connectivity index (χ0n) is 17.0. The van der Waals surface area contributed by atoms with Gasteiger partial charge in [-0.25, -0.2) is 9.59 Å². The summed E-state index contributed by atoms with van der Waals surface area (Å²) in [6.45, 7) is 7.22. The monoisotopic (exact) mass is 390 g/mol. The van der Waals surface area contributed by atoms with E-state index in [1.807, 2.05) is 33.8 Å². The average Bonchev–Trinajstić information content (AvgIpc) is 3.12. The number of rotatable bonds is 6. The Morgan fingerprint density at radius 2 is 1.75 bits per heavy atom. The van der Waals surface area contributed by atoms with Gasteiger partial charge in [0.1, 0.15) is 11.3 Å². The van der Waals surface area contributed by atoms with Crippen molar-refractivity contribution in [1.29, 1.82) is 0 Å². The number of carbonyl (C=O) groups excluding carboxylic acids is 3. The topological polar surface area (TPSA) is 105 Å². The van der Waals surface area contributed by atoms with Crippen molar-refractivity contribution >= 4 is 17.9 Å². The zero-order chi connectivity index (χ0) is 20.8. The molecule has 0 saturated heterocycles. The van der Waals surface area contributed by atoms with E-state index in [-0.39, 0.29) is 29.2 Å². The van der Waals surface area contributed by atoms with E-state index in [9.17, 15) is 19.5 Å². The molecule has 2 rings (SSSR count). The Labute approximate surface area is 165 Å². The van der Waals surface area contributed by atoms with Crippen molar-refractivity contribution in [1.82, 2.24) is 10.6 Å². The van der Waals surface area contributed by atoms with Crippen LogP contribution >= 0.6 is 0 Å². The molecule has 0 aliphatic heterocycles. The van der Waals surface area contributed by atoms with Crippen LogP contribution in [-0.4, -0.2) is 35.7 Å². The number of carbonyl (C=O) groups is 3. The summed E-state index contributed by atoms with van der Waals surface area (Å²) < 4.78 is 5.02. The standard InChI is InChI=1S/C21H30N2O5/c1-12(2)14-9-16(13(3)4)19(25)17(10-14)20(26)28-11-18(24)23-21(27)22-15-7-5-6-8-15/h9-10,12-13,15,25H,5-8,11H2,1-4H3,(H2,22,23,24,27). The highest BCUT2D eigenvalue weighted by molar-refractivity contribution is 5.98. The number of imide groups is 1. The summed E-state index contributed by atoms with van der Waals surface area (Å²) >= 11 is 0. The SMILES string of the molecule is CC(C)c1cc(C(=O)OCC(=O)NC(=O)NC2CCCC2)c(O)c(C(C)C)c1. The van der Waals surface area contributed by atoms with Crippen molar-refractivity contribution < 1.29 is 24.2 Å². The lowest BCUT2D eigenvalue weighted by Crippen LogP contribution is -2.45. The minimum Gasteiger partial charge on any atom is -0.507 e. The molecule has 28 heavy (non-hydrogen) atoms. The van der Waals surface area contributed by atoms with Crippen LogP contribution in [-0.2, 0) is 9.53 Å². The van der Waals surface area contributed by atoms with E-state index in [1.54, 1.807) is 6.07 Å². The predicted molar refractivity (Wildman–Crippen MR) is 105 cm³/mol. The molecular formula is C21H30N2O5. The first kappa shape index (κ1) is 21.7. The van der Waals surface area contributed by atoms with Gasteiger partial charge in [0.15, 0.2) is 6.61 Å². The largest absolute Gasteiger partial charge is 0.507 e. The van der Waals surface area contributed by atoms with Gasteiger partial charge in [-0.3, -0.25) is 10.1 Å². The fraction of sp³-hybridized carbons (Fsp3) is 0.571. The van der Waals surface area contributed by atoms with Gasteiger partial charge in [-0.2, -0.15) is 0 Å². The second-order valence-electron chi connectivity index (χ2n) is 7.89. The fourth-order valence-electron chi connectivity index (χ4n) is 3.27. The number of urea groups is 1. The van der Waals surface area contributed by atoms with Crippen LogP contribution in [0.1, 0.15) is 86.7 Å². The van der Waals surface area contributed by atoms with Crippen LogP contribution < -0.4 is 10.6 Å². The number of phenols is 1. The molecule has 0 aromatic heterocycles. The summed E-state index contributed by atoms with van der Waals surface area (Å²) in [6.07, 6.45) is 3.93. The van der Waals surface area contributed by atoms with Gasteiger partial charge in [-0.05, 0) is 41.9 Å².